The van der Waals surface area contributed by atoms with E-state index >= 15 is 0 Å². The molecular weight excluding hydrogens is 677 g/mol. The van der Waals surface area contributed by atoms with Crippen LogP contribution in [0.3, 0.4) is 0 Å². The van der Waals surface area contributed by atoms with Crippen molar-refractivity contribution in [1.29, 1.82) is 0 Å². The molecule has 0 aliphatic rings. The first-order valence-corrected chi connectivity index (χ1v) is 18.5. The minimum atomic E-state index is -0.234. The maximum atomic E-state index is 9.54. The number of rotatable bonds is 10. The van der Waals surface area contributed by atoms with Gasteiger partial charge in [-0.15, -0.1) is 0 Å². The van der Waals surface area contributed by atoms with Crippen molar-refractivity contribution in [3.05, 3.63) is 242 Å². The third-order valence-electron chi connectivity index (χ3n) is 9.62. The average Bonchev–Trinajstić information content (AvgIpc) is 3.35. The molecule has 0 heterocycles. The van der Waals surface area contributed by atoms with Crippen molar-refractivity contribution in [2.24, 2.45) is 0 Å². The molecule has 0 N–H and O–H groups in total. The predicted molar refractivity (Wildman–Crippen MR) is 238 cm³/mol. The molecule has 9 aromatic rings. The van der Waals surface area contributed by atoms with Gasteiger partial charge in [0.05, 0.1) is 16.7 Å². The SMILES string of the molecule is [2H]c1c([2H])c(N(c2ccccc2)c2ccccc2)c([2H])c([2H])c1-c1ccc(-c2c([2H])c([2H])c(N(c3ccc(-c4ccccc4)cc3)c3ccccc3-c3ccccc3)c([2H])c2[2H])cc1. The van der Waals surface area contributed by atoms with Crippen LogP contribution in [0.5, 0.6) is 0 Å². The van der Waals surface area contributed by atoms with Gasteiger partial charge in [0.1, 0.15) is 0 Å². The van der Waals surface area contributed by atoms with Crippen LogP contribution in [0.2, 0.25) is 0 Å². The van der Waals surface area contributed by atoms with E-state index in [0.29, 0.717) is 33.9 Å². The quantitative estimate of drug-likeness (QED) is 0.139. The number of para-hydroxylation sites is 3. The molecule has 0 atom stereocenters. The second kappa shape index (κ2) is 15.9. The summed E-state index contributed by atoms with van der Waals surface area (Å²) < 4.78 is 74.6. The second-order valence-corrected chi connectivity index (χ2v) is 13.2. The summed E-state index contributed by atoms with van der Waals surface area (Å²) in [6.07, 6.45) is 0. The summed E-state index contributed by atoms with van der Waals surface area (Å²) in [6.45, 7) is 0. The Balaban J connectivity index is 1.14. The molecule has 9 aromatic carbocycles. The van der Waals surface area contributed by atoms with Crippen molar-refractivity contribution >= 4 is 34.1 Å². The molecule has 0 aromatic heterocycles. The number of benzene rings is 9. The van der Waals surface area contributed by atoms with Gasteiger partial charge in [0.2, 0.25) is 0 Å². The molecule has 0 saturated heterocycles. The summed E-state index contributed by atoms with van der Waals surface area (Å²) in [5.74, 6) is 0. The smallest absolute Gasteiger partial charge is 0.0645 e. The van der Waals surface area contributed by atoms with Gasteiger partial charge in [0.15, 0.2) is 0 Å². The highest BCUT2D eigenvalue weighted by Crippen LogP contribution is 2.42. The van der Waals surface area contributed by atoms with E-state index in [-0.39, 0.29) is 70.8 Å². The lowest BCUT2D eigenvalue weighted by Gasteiger charge is -2.28. The summed E-state index contributed by atoms with van der Waals surface area (Å²) in [6, 6.07) is 58.8. The van der Waals surface area contributed by atoms with Crippen molar-refractivity contribution in [2.75, 3.05) is 9.80 Å². The first-order chi connectivity index (χ1) is 31.1. The highest BCUT2D eigenvalue weighted by atomic mass is 15.1. The number of hydrogen-bond donors (Lipinski definition) is 0. The van der Waals surface area contributed by atoms with Gasteiger partial charge in [-0.2, -0.15) is 0 Å². The first kappa shape index (κ1) is 26.4. The second-order valence-electron chi connectivity index (χ2n) is 13.2. The van der Waals surface area contributed by atoms with Crippen LogP contribution in [0, 0.1) is 0 Å². The first-order valence-electron chi connectivity index (χ1n) is 22.5. The van der Waals surface area contributed by atoms with Crippen molar-refractivity contribution in [3.63, 3.8) is 0 Å². The maximum Gasteiger partial charge on any atom is 0.0645 e. The van der Waals surface area contributed by atoms with Gasteiger partial charge in [0, 0.05) is 34.0 Å². The Hall–Kier alpha value is -7.42. The van der Waals surface area contributed by atoms with E-state index in [1.807, 2.05) is 170 Å². The topological polar surface area (TPSA) is 6.48 Å². The monoisotopic (exact) mass is 724 g/mol. The molecule has 0 unspecified atom stereocenters. The van der Waals surface area contributed by atoms with Crippen LogP contribution in [0.4, 0.5) is 34.1 Å². The van der Waals surface area contributed by atoms with Crippen molar-refractivity contribution in [2.45, 2.75) is 0 Å². The molecular formula is C54H40N2. The van der Waals surface area contributed by atoms with E-state index in [9.17, 15) is 11.0 Å². The van der Waals surface area contributed by atoms with E-state index < -0.39 is 0 Å². The highest BCUT2D eigenvalue weighted by Gasteiger charge is 2.18. The van der Waals surface area contributed by atoms with Crippen molar-refractivity contribution in [3.8, 4) is 44.5 Å². The van der Waals surface area contributed by atoms with Gasteiger partial charge in [-0.1, -0.05) is 176 Å². The van der Waals surface area contributed by atoms with Gasteiger partial charge in [-0.25, -0.2) is 0 Å². The predicted octanol–water partition coefficient (Wildman–Crippen LogP) is 15.3. The maximum absolute atomic E-state index is 9.54. The van der Waals surface area contributed by atoms with Gasteiger partial charge >= 0.3 is 0 Å². The molecule has 0 saturated carbocycles. The third kappa shape index (κ3) is 7.24. The lowest BCUT2D eigenvalue weighted by molar-refractivity contribution is 1.28. The summed E-state index contributed by atoms with van der Waals surface area (Å²) in [7, 11) is 0. The lowest BCUT2D eigenvalue weighted by Crippen LogP contribution is -2.11. The minimum absolute atomic E-state index is 0.0926. The van der Waals surface area contributed by atoms with Crippen LogP contribution >= 0.6 is 0 Å². The van der Waals surface area contributed by atoms with E-state index in [1.165, 1.54) is 0 Å². The summed E-state index contributed by atoms with van der Waals surface area (Å²) in [5.41, 5.74) is 7.73. The Morgan fingerprint density at radius 3 is 1.07 bits per heavy atom. The zero-order chi connectivity index (χ0) is 44.5. The van der Waals surface area contributed by atoms with Gasteiger partial charge in [-0.3, -0.25) is 0 Å². The molecule has 0 radical (unpaired) electrons. The van der Waals surface area contributed by atoms with Gasteiger partial charge in [0.25, 0.3) is 0 Å². The minimum Gasteiger partial charge on any atom is -0.311 e. The molecule has 0 aliphatic carbocycles. The Bertz CT molecular complexity index is 3010. The van der Waals surface area contributed by atoms with Crippen molar-refractivity contribution < 1.29 is 11.0 Å². The zero-order valence-electron chi connectivity index (χ0n) is 38.4. The average molecular weight is 725 g/mol. The largest absolute Gasteiger partial charge is 0.311 e. The van der Waals surface area contributed by atoms with E-state index in [0.717, 1.165) is 22.3 Å². The highest BCUT2D eigenvalue weighted by molar-refractivity contribution is 5.89. The molecule has 0 bridgehead atoms. The molecule has 9 rings (SSSR count). The fourth-order valence-electron chi connectivity index (χ4n) is 6.84. The Labute approximate surface area is 341 Å². The lowest BCUT2D eigenvalue weighted by atomic mass is 9.99. The molecule has 0 aliphatic heterocycles. The van der Waals surface area contributed by atoms with E-state index in [1.54, 1.807) is 34.1 Å². The Kier molecular flexibility index (Phi) is 7.49. The Morgan fingerprint density at radius 1 is 0.232 bits per heavy atom. The van der Waals surface area contributed by atoms with Crippen LogP contribution in [0.1, 0.15) is 11.0 Å². The summed E-state index contributed by atoms with van der Waals surface area (Å²) in [4.78, 5) is 3.52. The number of nitrogens with zero attached hydrogens (tertiary/aromatic N) is 2. The standard InChI is InChI=1S/C54H40N2/c1-5-15-41(16-6-1)44-31-37-51(38-32-44)56(54-24-14-13-23-53(54)47-17-7-2-8-18-47)52-39-33-46(34-40-52)43-27-25-42(26-28-43)45-29-35-50(36-30-45)55(48-19-9-3-10-20-48)49-21-11-4-12-22-49/h1-40H/i29D,30D,33D,34D,35D,36D,39D,40D. The normalized spacial score (nSPS) is 12.9. The zero-order valence-corrected chi connectivity index (χ0v) is 30.4. The van der Waals surface area contributed by atoms with Crippen LogP contribution < -0.4 is 9.80 Å². The molecule has 56 heavy (non-hydrogen) atoms. The fraction of sp³-hybridized carbons (Fsp3) is 0. The van der Waals surface area contributed by atoms with Gasteiger partial charge < -0.3 is 9.80 Å². The van der Waals surface area contributed by atoms with Gasteiger partial charge in [-0.05, 0) is 106 Å². The number of hydrogen-bond acceptors (Lipinski definition) is 2. The van der Waals surface area contributed by atoms with Crippen LogP contribution in [0.25, 0.3) is 44.5 Å². The van der Waals surface area contributed by atoms with Crippen LogP contribution in [-0.2, 0) is 0 Å². The third-order valence-corrected chi connectivity index (χ3v) is 9.62. The molecule has 266 valence electrons. The van der Waals surface area contributed by atoms with E-state index in [4.69, 9.17) is 0 Å². The van der Waals surface area contributed by atoms with E-state index in [2.05, 4.69) is 0 Å². The molecule has 2 nitrogen and oxygen atoms in total. The molecule has 2 heteroatoms. The van der Waals surface area contributed by atoms with Crippen LogP contribution in [-0.4, -0.2) is 0 Å². The fourth-order valence-corrected chi connectivity index (χ4v) is 6.84. The number of anilines is 6. The molecule has 0 amide bonds. The van der Waals surface area contributed by atoms with Crippen molar-refractivity contribution in [1.82, 2.24) is 0 Å². The molecule has 0 spiro atoms. The summed E-state index contributed by atoms with van der Waals surface area (Å²) in [5, 5.41) is 0. The molecule has 0 fully saturated rings. The summed E-state index contributed by atoms with van der Waals surface area (Å²) >= 11 is 0. The van der Waals surface area contributed by atoms with Crippen LogP contribution in [0.15, 0.2) is 242 Å². The Morgan fingerprint density at radius 2 is 0.571 bits per heavy atom.